The summed E-state index contributed by atoms with van der Waals surface area (Å²) in [6.07, 6.45) is 3.12. The topological polar surface area (TPSA) is 92.3 Å². The number of rotatable bonds is 8. The fourth-order valence-electron chi connectivity index (χ4n) is 4.83. The quantitative estimate of drug-likeness (QED) is 0.353. The first-order chi connectivity index (χ1) is 18.7. The molecule has 4 aromatic rings. The van der Waals surface area contributed by atoms with Crippen molar-refractivity contribution in [3.05, 3.63) is 77.5 Å². The summed E-state index contributed by atoms with van der Waals surface area (Å²) in [6.45, 7) is 5.81. The van der Waals surface area contributed by atoms with E-state index in [9.17, 15) is 4.39 Å². The van der Waals surface area contributed by atoms with Crippen LogP contribution in [-0.2, 0) is 24.4 Å². The molecule has 0 amide bonds. The number of benzene rings is 1. The Hall–Kier alpha value is -4.07. The van der Waals surface area contributed by atoms with E-state index in [0.717, 1.165) is 75.1 Å². The van der Waals surface area contributed by atoms with Gasteiger partial charge in [-0.1, -0.05) is 12.1 Å². The van der Waals surface area contributed by atoms with Gasteiger partial charge in [0, 0.05) is 50.6 Å². The van der Waals surface area contributed by atoms with Gasteiger partial charge in [0.15, 0.2) is 5.65 Å². The SMILES string of the molecule is N#Cc1ccc(COc2cccc(N3CCN(Cc4nc5cccnc5n4C[C@@H]4CCO4)CC3)n2)c(F)c1. The Balaban J connectivity index is 1.08. The zero-order valence-electron chi connectivity index (χ0n) is 21.0. The van der Waals surface area contributed by atoms with Crippen LogP contribution in [0, 0.1) is 17.1 Å². The van der Waals surface area contributed by atoms with Gasteiger partial charge in [-0.05, 0) is 36.8 Å². The largest absolute Gasteiger partial charge is 0.473 e. The van der Waals surface area contributed by atoms with Crippen molar-refractivity contribution in [1.29, 1.82) is 5.26 Å². The van der Waals surface area contributed by atoms with Crippen LogP contribution in [0.1, 0.15) is 23.4 Å². The lowest BCUT2D eigenvalue weighted by Crippen LogP contribution is -2.46. The number of pyridine rings is 2. The first kappa shape index (κ1) is 24.3. The number of piperazine rings is 1. The lowest BCUT2D eigenvalue weighted by molar-refractivity contribution is -0.0592. The number of hydrogen-bond donors (Lipinski definition) is 0. The van der Waals surface area contributed by atoms with Crippen LogP contribution in [0.5, 0.6) is 5.88 Å². The number of imidazole rings is 1. The first-order valence-electron chi connectivity index (χ1n) is 12.8. The number of hydrogen-bond acceptors (Lipinski definition) is 8. The van der Waals surface area contributed by atoms with E-state index in [0.29, 0.717) is 11.4 Å². The molecule has 1 aromatic carbocycles. The molecule has 9 nitrogen and oxygen atoms in total. The lowest BCUT2D eigenvalue weighted by Gasteiger charge is -2.35. The molecule has 1 atom stereocenters. The van der Waals surface area contributed by atoms with Crippen molar-refractivity contribution in [2.45, 2.75) is 32.2 Å². The number of anilines is 1. The first-order valence-corrected chi connectivity index (χ1v) is 12.8. The third-order valence-electron chi connectivity index (χ3n) is 7.09. The predicted octanol–water partition coefficient (Wildman–Crippen LogP) is 3.53. The molecule has 194 valence electrons. The summed E-state index contributed by atoms with van der Waals surface area (Å²) in [4.78, 5) is 18.8. The highest BCUT2D eigenvalue weighted by Gasteiger charge is 2.25. The maximum absolute atomic E-state index is 14.2. The molecule has 2 fully saturated rings. The van der Waals surface area contributed by atoms with Crippen LogP contribution in [0.3, 0.4) is 0 Å². The molecule has 2 aliphatic rings. The van der Waals surface area contributed by atoms with Crippen LogP contribution >= 0.6 is 0 Å². The monoisotopic (exact) mass is 513 g/mol. The summed E-state index contributed by atoms with van der Waals surface area (Å²) in [5.41, 5.74) is 2.50. The Morgan fingerprint density at radius 2 is 1.95 bits per heavy atom. The van der Waals surface area contributed by atoms with Crippen molar-refractivity contribution in [3.63, 3.8) is 0 Å². The van der Waals surface area contributed by atoms with Crippen LogP contribution < -0.4 is 9.64 Å². The summed E-state index contributed by atoms with van der Waals surface area (Å²) in [7, 11) is 0. The standard InChI is InChI=1S/C28H28FN7O2/c29-23-15-20(16-30)6-7-21(23)19-38-27-5-1-4-25(33-27)35-12-10-34(11-13-35)18-26-32-24-3-2-9-31-28(24)36(26)17-22-8-14-37-22/h1-7,9,15,22H,8,10-14,17-19H2/t22-/m0/s1. The van der Waals surface area contributed by atoms with Gasteiger partial charge in [-0.15, -0.1) is 0 Å². The predicted molar refractivity (Wildman–Crippen MR) is 139 cm³/mol. The molecule has 0 N–H and O–H groups in total. The summed E-state index contributed by atoms with van der Waals surface area (Å²) < 4.78 is 27.9. The zero-order chi connectivity index (χ0) is 25.9. The third-order valence-corrected chi connectivity index (χ3v) is 7.09. The molecule has 0 radical (unpaired) electrons. The summed E-state index contributed by atoms with van der Waals surface area (Å²) in [6, 6.07) is 15.9. The van der Waals surface area contributed by atoms with Gasteiger partial charge in [-0.25, -0.2) is 14.4 Å². The molecule has 2 saturated heterocycles. The number of aromatic nitrogens is 4. The van der Waals surface area contributed by atoms with Gasteiger partial charge in [0.05, 0.1) is 30.8 Å². The van der Waals surface area contributed by atoms with Crippen molar-refractivity contribution in [1.82, 2.24) is 24.4 Å². The maximum atomic E-state index is 14.2. The Bertz CT molecular complexity index is 1470. The van der Waals surface area contributed by atoms with Gasteiger partial charge in [-0.3, -0.25) is 4.90 Å². The van der Waals surface area contributed by atoms with Crippen LogP contribution in [0.15, 0.2) is 54.7 Å². The van der Waals surface area contributed by atoms with Gasteiger partial charge in [0.1, 0.15) is 29.6 Å². The second kappa shape index (κ2) is 10.7. The Kier molecular flexibility index (Phi) is 6.86. The number of halogens is 1. The molecule has 6 rings (SSSR count). The van der Waals surface area contributed by atoms with Crippen molar-refractivity contribution in [2.24, 2.45) is 0 Å². The number of nitrogens with zero attached hydrogens (tertiary/aromatic N) is 7. The average Bonchev–Trinajstić information content (AvgIpc) is 3.27. The van der Waals surface area contributed by atoms with E-state index in [2.05, 4.69) is 24.3 Å². The molecule has 0 bridgehead atoms. The minimum absolute atomic E-state index is 0.0452. The van der Waals surface area contributed by atoms with E-state index in [1.54, 1.807) is 18.2 Å². The van der Waals surface area contributed by atoms with Crippen LogP contribution in [-0.4, -0.2) is 63.3 Å². The molecule has 0 aliphatic carbocycles. The highest BCUT2D eigenvalue weighted by atomic mass is 19.1. The van der Waals surface area contributed by atoms with Gasteiger partial charge in [-0.2, -0.15) is 10.2 Å². The molecule has 5 heterocycles. The number of fused-ring (bicyclic) bond motifs is 1. The Labute approximate surface area is 220 Å². The summed E-state index contributed by atoms with van der Waals surface area (Å²) >= 11 is 0. The summed E-state index contributed by atoms with van der Waals surface area (Å²) in [5, 5.41) is 8.91. The Morgan fingerprint density at radius 3 is 2.71 bits per heavy atom. The summed E-state index contributed by atoms with van der Waals surface area (Å²) in [5.74, 6) is 1.83. The third kappa shape index (κ3) is 5.16. The second-order valence-electron chi connectivity index (χ2n) is 9.57. The highest BCUT2D eigenvalue weighted by molar-refractivity contribution is 5.71. The van der Waals surface area contributed by atoms with E-state index in [4.69, 9.17) is 19.7 Å². The molecule has 3 aromatic heterocycles. The molecule has 10 heteroatoms. The molecule has 0 unspecified atom stereocenters. The van der Waals surface area contributed by atoms with Crippen molar-refractivity contribution in [3.8, 4) is 11.9 Å². The maximum Gasteiger partial charge on any atom is 0.215 e. The normalized spacial score (nSPS) is 17.8. The van der Waals surface area contributed by atoms with Gasteiger partial charge in [0.2, 0.25) is 5.88 Å². The number of nitriles is 1. The molecule has 0 spiro atoms. The molecular formula is C28H28FN7O2. The Morgan fingerprint density at radius 1 is 1.08 bits per heavy atom. The van der Waals surface area contributed by atoms with Gasteiger partial charge >= 0.3 is 0 Å². The van der Waals surface area contributed by atoms with Gasteiger partial charge in [0.25, 0.3) is 0 Å². The molecule has 0 saturated carbocycles. The van der Waals surface area contributed by atoms with E-state index in [-0.39, 0.29) is 18.3 Å². The average molecular weight is 514 g/mol. The van der Waals surface area contributed by atoms with Crippen LogP contribution in [0.4, 0.5) is 10.2 Å². The van der Waals surface area contributed by atoms with Crippen molar-refractivity contribution >= 4 is 17.0 Å². The second-order valence-corrected chi connectivity index (χ2v) is 9.57. The highest BCUT2D eigenvalue weighted by Crippen LogP contribution is 2.23. The molecule has 2 aliphatic heterocycles. The number of ether oxygens (including phenoxy) is 2. The zero-order valence-corrected chi connectivity index (χ0v) is 21.0. The van der Waals surface area contributed by atoms with Gasteiger partial charge < -0.3 is 18.9 Å². The van der Waals surface area contributed by atoms with E-state index in [1.165, 1.54) is 6.07 Å². The van der Waals surface area contributed by atoms with Crippen LogP contribution in [0.25, 0.3) is 11.2 Å². The lowest BCUT2D eigenvalue weighted by atomic mass is 10.1. The molecule has 38 heavy (non-hydrogen) atoms. The minimum atomic E-state index is -0.458. The molecular weight excluding hydrogens is 485 g/mol. The fourth-order valence-corrected chi connectivity index (χ4v) is 4.83. The fraction of sp³-hybridized carbons (Fsp3) is 0.357. The van der Waals surface area contributed by atoms with E-state index < -0.39 is 5.82 Å². The minimum Gasteiger partial charge on any atom is -0.473 e. The van der Waals surface area contributed by atoms with E-state index >= 15 is 0 Å². The van der Waals surface area contributed by atoms with Crippen molar-refractivity contribution < 1.29 is 13.9 Å². The van der Waals surface area contributed by atoms with E-state index in [1.807, 2.05) is 36.5 Å². The van der Waals surface area contributed by atoms with Crippen LogP contribution in [0.2, 0.25) is 0 Å². The smallest absolute Gasteiger partial charge is 0.215 e. The van der Waals surface area contributed by atoms with Crippen molar-refractivity contribution in [2.75, 3.05) is 37.7 Å².